The fourth-order valence-corrected chi connectivity index (χ4v) is 1.88. The number of para-hydroxylation sites is 2. The van der Waals surface area contributed by atoms with Crippen LogP contribution in [0.3, 0.4) is 0 Å². The summed E-state index contributed by atoms with van der Waals surface area (Å²) in [4.78, 5) is 21.9. The molecule has 1 saturated carbocycles. The van der Waals surface area contributed by atoms with E-state index >= 15 is 0 Å². The summed E-state index contributed by atoms with van der Waals surface area (Å²) >= 11 is 0. The van der Waals surface area contributed by atoms with Crippen molar-refractivity contribution in [2.75, 3.05) is 6.61 Å². The molecule has 0 saturated heterocycles. The molecule has 1 amide bonds. The average Bonchev–Trinajstić information content (AvgIpc) is 3.20. The molecule has 6 nitrogen and oxygen atoms in total. The van der Waals surface area contributed by atoms with Crippen LogP contribution in [0.25, 0.3) is 0 Å². The molecule has 0 heterocycles. The van der Waals surface area contributed by atoms with Gasteiger partial charge in [0.05, 0.1) is 4.92 Å². The fraction of sp³-hybridized carbons (Fsp3) is 0.462. The largest absolute Gasteiger partial charge is 0.477 e. The highest BCUT2D eigenvalue weighted by atomic mass is 16.6. The number of hydrogen-bond donors (Lipinski definition) is 1. The number of carbonyl (C=O) groups excluding carboxylic acids is 1. The van der Waals surface area contributed by atoms with E-state index in [0.29, 0.717) is 5.92 Å². The lowest BCUT2D eigenvalue weighted by Gasteiger charge is -2.13. The molecule has 1 aromatic carbocycles. The second kappa shape index (κ2) is 5.69. The Morgan fingerprint density at radius 2 is 2.21 bits per heavy atom. The van der Waals surface area contributed by atoms with Gasteiger partial charge >= 0.3 is 5.69 Å². The molecular formula is C13H16N2O4. The zero-order valence-corrected chi connectivity index (χ0v) is 10.7. The number of hydrogen-bond acceptors (Lipinski definition) is 4. The zero-order valence-electron chi connectivity index (χ0n) is 10.7. The summed E-state index contributed by atoms with van der Waals surface area (Å²) in [5, 5.41) is 13.6. The fourth-order valence-electron chi connectivity index (χ4n) is 1.88. The first-order valence-electron chi connectivity index (χ1n) is 6.23. The molecule has 1 atom stereocenters. The molecule has 0 aromatic heterocycles. The Bertz CT molecular complexity index is 485. The van der Waals surface area contributed by atoms with Gasteiger partial charge in [-0.2, -0.15) is 0 Å². The van der Waals surface area contributed by atoms with Gasteiger partial charge in [-0.3, -0.25) is 14.9 Å². The molecule has 102 valence electrons. The van der Waals surface area contributed by atoms with Gasteiger partial charge in [-0.05, 0) is 31.7 Å². The number of rotatable bonds is 6. The zero-order chi connectivity index (χ0) is 13.8. The minimum atomic E-state index is -0.528. The standard InChI is InChI=1S/C13H16N2O4/c1-9(10-6-7-10)14-13(16)8-19-12-5-3-2-4-11(12)15(17)18/h2-5,9-10H,6-8H2,1H3,(H,14,16)/t9-/m1/s1. The third-order valence-electron chi connectivity index (χ3n) is 3.14. The molecule has 1 aliphatic carbocycles. The smallest absolute Gasteiger partial charge is 0.310 e. The van der Waals surface area contributed by atoms with E-state index in [1.165, 1.54) is 12.1 Å². The molecule has 6 heteroatoms. The van der Waals surface area contributed by atoms with E-state index in [0.717, 1.165) is 12.8 Å². The Kier molecular flexibility index (Phi) is 3.99. The molecule has 1 aromatic rings. The van der Waals surface area contributed by atoms with E-state index < -0.39 is 4.92 Å². The van der Waals surface area contributed by atoms with E-state index in [-0.39, 0.29) is 30.0 Å². The first-order valence-corrected chi connectivity index (χ1v) is 6.23. The molecular weight excluding hydrogens is 248 g/mol. The quantitative estimate of drug-likeness (QED) is 0.628. The summed E-state index contributed by atoms with van der Waals surface area (Å²) in [5.74, 6) is 0.425. The molecule has 0 unspecified atom stereocenters. The molecule has 2 rings (SSSR count). The lowest BCUT2D eigenvalue weighted by atomic mass is 10.2. The van der Waals surface area contributed by atoms with Crippen LogP contribution in [0.4, 0.5) is 5.69 Å². The normalized spacial score (nSPS) is 15.6. The van der Waals surface area contributed by atoms with Crippen molar-refractivity contribution in [3.05, 3.63) is 34.4 Å². The molecule has 0 aliphatic heterocycles. The van der Waals surface area contributed by atoms with Gasteiger partial charge in [-0.15, -0.1) is 0 Å². The molecule has 1 aliphatic rings. The second-order valence-electron chi connectivity index (χ2n) is 4.71. The van der Waals surface area contributed by atoms with Crippen LogP contribution in [-0.4, -0.2) is 23.5 Å². The number of nitrogens with one attached hydrogen (secondary N) is 1. The van der Waals surface area contributed by atoms with Crippen LogP contribution in [0.5, 0.6) is 5.75 Å². The maximum absolute atomic E-state index is 11.6. The van der Waals surface area contributed by atoms with Crippen molar-refractivity contribution in [2.24, 2.45) is 5.92 Å². The Morgan fingerprint density at radius 1 is 1.53 bits per heavy atom. The van der Waals surface area contributed by atoms with E-state index in [2.05, 4.69) is 5.32 Å². The monoisotopic (exact) mass is 264 g/mol. The number of nitrogens with zero attached hydrogens (tertiary/aromatic N) is 1. The molecule has 0 radical (unpaired) electrons. The van der Waals surface area contributed by atoms with Crippen LogP contribution in [0.1, 0.15) is 19.8 Å². The van der Waals surface area contributed by atoms with E-state index in [1.807, 2.05) is 6.92 Å². The van der Waals surface area contributed by atoms with Crippen LogP contribution >= 0.6 is 0 Å². The maximum atomic E-state index is 11.6. The van der Waals surface area contributed by atoms with Crippen molar-refractivity contribution in [2.45, 2.75) is 25.8 Å². The summed E-state index contributed by atoms with van der Waals surface area (Å²) in [6.07, 6.45) is 2.29. The molecule has 0 spiro atoms. The Labute approximate surface area is 110 Å². The minimum Gasteiger partial charge on any atom is -0.477 e. The van der Waals surface area contributed by atoms with Crippen LogP contribution < -0.4 is 10.1 Å². The lowest BCUT2D eigenvalue weighted by Crippen LogP contribution is -2.37. The molecule has 19 heavy (non-hydrogen) atoms. The Balaban J connectivity index is 1.87. The highest BCUT2D eigenvalue weighted by molar-refractivity contribution is 5.78. The maximum Gasteiger partial charge on any atom is 0.310 e. The highest BCUT2D eigenvalue weighted by Crippen LogP contribution is 2.32. The van der Waals surface area contributed by atoms with E-state index in [4.69, 9.17) is 4.74 Å². The van der Waals surface area contributed by atoms with Crippen LogP contribution in [0, 0.1) is 16.0 Å². The highest BCUT2D eigenvalue weighted by Gasteiger charge is 2.29. The van der Waals surface area contributed by atoms with Crippen LogP contribution in [-0.2, 0) is 4.79 Å². The average molecular weight is 264 g/mol. The predicted molar refractivity (Wildman–Crippen MR) is 68.9 cm³/mol. The first-order chi connectivity index (χ1) is 9.08. The number of amides is 1. The molecule has 0 bridgehead atoms. The number of nitro groups is 1. The third-order valence-corrected chi connectivity index (χ3v) is 3.14. The van der Waals surface area contributed by atoms with E-state index in [9.17, 15) is 14.9 Å². The van der Waals surface area contributed by atoms with Crippen molar-refractivity contribution >= 4 is 11.6 Å². The van der Waals surface area contributed by atoms with Gasteiger partial charge < -0.3 is 10.1 Å². The summed E-state index contributed by atoms with van der Waals surface area (Å²) in [5.41, 5.74) is -0.134. The van der Waals surface area contributed by atoms with E-state index in [1.54, 1.807) is 12.1 Å². The Hall–Kier alpha value is -2.11. The van der Waals surface area contributed by atoms with Crippen molar-refractivity contribution in [1.29, 1.82) is 0 Å². The van der Waals surface area contributed by atoms with Crippen molar-refractivity contribution < 1.29 is 14.5 Å². The summed E-state index contributed by atoms with van der Waals surface area (Å²) < 4.78 is 5.21. The van der Waals surface area contributed by atoms with Gasteiger partial charge in [0.25, 0.3) is 5.91 Å². The number of carbonyl (C=O) groups is 1. The van der Waals surface area contributed by atoms with Gasteiger partial charge in [0.1, 0.15) is 0 Å². The topological polar surface area (TPSA) is 81.5 Å². The molecule has 1 N–H and O–H groups in total. The summed E-state index contributed by atoms with van der Waals surface area (Å²) in [6.45, 7) is 1.75. The van der Waals surface area contributed by atoms with Gasteiger partial charge in [0, 0.05) is 12.1 Å². The van der Waals surface area contributed by atoms with Gasteiger partial charge in [0.2, 0.25) is 0 Å². The second-order valence-corrected chi connectivity index (χ2v) is 4.71. The van der Waals surface area contributed by atoms with Crippen LogP contribution in [0.2, 0.25) is 0 Å². The Morgan fingerprint density at radius 3 is 2.84 bits per heavy atom. The number of nitro benzene ring substituents is 1. The first kappa shape index (κ1) is 13.3. The number of benzene rings is 1. The third kappa shape index (κ3) is 3.67. The van der Waals surface area contributed by atoms with Crippen molar-refractivity contribution in [3.8, 4) is 5.75 Å². The molecule has 1 fully saturated rings. The summed E-state index contributed by atoms with van der Waals surface area (Å²) in [6, 6.07) is 6.16. The van der Waals surface area contributed by atoms with Gasteiger partial charge in [0.15, 0.2) is 12.4 Å². The minimum absolute atomic E-state index is 0.113. The van der Waals surface area contributed by atoms with Crippen molar-refractivity contribution in [1.82, 2.24) is 5.32 Å². The summed E-state index contributed by atoms with van der Waals surface area (Å²) in [7, 11) is 0. The SMILES string of the molecule is C[C@@H](NC(=O)COc1ccccc1[N+](=O)[O-])C1CC1. The lowest BCUT2D eigenvalue weighted by molar-refractivity contribution is -0.385. The van der Waals surface area contributed by atoms with Crippen LogP contribution in [0.15, 0.2) is 24.3 Å². The predicted octanol–water partition coefficient (Wildman–Crippen LogP) is 1.89. The van der Waals surface area contributed by atoms with Crippen molar-refractivity contribution in [3.63, 3.8) is 0 Å². The van der Waals surface area contributed by atoms with Gasteiger partial charge in [-0.1, -0.05) is 12.1 Å². The number of ether oxygens (including phenoxy) is 1. The van der Waals surface area contributed by atoms with Gasteiger partial charge in [-0.25, -0.2) is 0 Å².